The lowest BCUT2D eigenvalue weighted by Gasteiger charge is -2.30. The van der Waals surface area contributed by atoms with Gasteiger partial charge in [-0.1, -0.05) is 12.1 Å². The van der Waals surface area contributed by atoms with Crippen LogP contribution < -0.4 is 5.32 Å². The van der Waals surface area contributed by atoms with Crippen LogP contribution in [0.4, 0.5) is 5.82 Å². The highest BCUT2D eigenvalue weighted by atomic mass is 16.2. The van der Waals surface area contributed by atoms with Crippen molar-refractivity contribution < 1.29 is 4.79 Å². The summed E-state index contributed by atoms with van der Waals surface area (Å²) in [6.07, 6.45) is 5.47. The van der Waals surface area contributed by atoms with Crippen molar-refractivity contribution in [1.29, 1.82) is 0 Å². The smallest absolute Gasteiger partial charge is 0.275 e. The summed E-state index contributed by atoms with van der Waals surface area (Å²) in [6.45, 7) is 2.12. The minimum absolute atomic E-state index is 0.305. The van der Waals surface area contributed by atoms with Crippen LogP contribution >= 0.6 is 0 Å². The number of hydrogen-bond acceptors (Lipinski definition) is 6. The number of nitrogens with one attached hydrogen (secondary N) is 2. The van der Waals surface area contributed by atoms with Crippen LogP contribution in [0.2, 0.25) is 0 Å². The summed E-state index contributed by atoms with van der Waals surface area (Å²) in [5.74, 6) is 1.29. The van der Waals surface area contributed by atoms with Gasteiger partial charge in [0.15, 0.2) is 13.1 Å². The maximum Gasteiger partial charge on any atom is 0.275 e. The maximum atomic E-state index is 13.1. The molecule has 4 aromatic rings. The minimum Gasteiger partial charge on any atom is -0.353 e. The number of pyridine rings is 2. The molecule has 0 spiro atoms. The molecule has 4 aromatic heterocycles. The van der Waals surface area contributed by atoms with Crippen molar-refractivity contribution in [3.8, 4) is 17.2 Å². The molecule has 0 atom stereocenters. The number of aromatic nitrogens is 6. The summed E-state index contributed by atoms with van der Waals surface area (Å²) in [7, 11) is 3.26. The molecular weight excluding hydrogens is 414 g/mol. The third-order valence-corrected chi connectivity index (χ3v) is 6.05. The molecule has 1 fully saturated rings. The lowest BCUT2D eigenvalue weighted by Crippen LogP contribution is -2.36. The second-order valence-corrected chi connectivity index (χ2v) is 8.10. The van der Waals surface area contributed by atoms with Crippen molar-refractivity contribution in [3.63, 3.8) is 0 Å². The van der Waals surface area contributed by atoms with Crippen molar-refractivity contribution in [1.82, 2.24) is 34.8 Å². The van der Waals surface area contributed by atoms with E-state index < -0.39 is 0 Å². The van der Waals surface area contributed by atoms with E-state index >= 15 is 0 Å². The number of anilines is 1. The third kappa shape index (κ3) is 4.58. The Morgan fingerprint density at radius 2 is 2.00 bits per heavy atom. The van der Waals surface area contributed by atoms with Crippen LogP contribution in [0.1, 0.15) is 34.9 Å². The lowest BCUT2D eigenvalue weighted by atomic mass is 9.64. The van der Waals surface area contributed by atoms with E-state index in [-0.39, 0.29) is 5.91 Å². The number of amides is 1. The molecule has 1 aliphatic heterocycles. The number of hydrogen-bond donors (Lipinski definition) is 2. The molecule has 0 unspecified atom stereocenters. The van der Waals surface area contributed by atoms with Crippen LogP contribution in [0.5, 0.6) is 0 Å². The molecule has 5 heterocycles. The van der Waals surface area contributed by atoms with Crippen molar-refractivity contribution in [2.75, 3.05) is 18.4 Å². The molecule has 0 bridgehead atoms. The van der Waals surface area contributed by atoms with Crippen LogP contribution in [0, 0.1) is 0 Å². The van der Waals surface area contributed by atoms with E-state index in [2.05, 4.69) is 38.0 Å². The van der Waals surface area contributed by atoms with Gasteiger partial charge in [-0.15, -0.1) is 0 Å². The third-order valence-electron chi connectivity index (χ3n) is 6.05. The summed E-state index contributed by atoms with van der Waals surface area (Å²) < 4.78 is 1.71. The molecule has 0 saturated carbocycles. The van der Waals surface area contributed by atoms with Crippen molar-refractivity contribution in [3.05, 3.63) is 72.3 Å². The van der Waals surface area contributed by atoms with Gasteiger partial charge in [-0.05, 0) is 56.3 Å². The van der Waals surface area contributed by atoms with Crippen LogP contribution in [0.3, 0.4) is 0 Å². The van der Waals surface area contributed by atoms with Crippen LogP contribution in [0.15, 0.2) is 60.9 Å². The topological polar surface area (TPSA) is 105 Å². The standard InChI is InChI=1S/C22H24B2N8O/c23-24-31-12-8-15(9-13-31)19-14-21(32(30-19)20-6-1-2-10-25-20)28-22(33)18-5-3-4-16(27-18)17-7-11-26-29-17/h1-7,10-11,14-15,24H,8-9,12-13,23H2,(H,26,29)(H,28,33). The van der Waals surface area contributed by atoms with Gasteiger partial charge in [-0.3, -0.25) is 9.89 Å². The zero-order valence-corrected chi connectivity index (χ0v) is 18.5. The van der Waals surface area contributed by atoms with Gasteiger partial charge >= 0.3 is 0 Å². The van der Waals surface area contributed by atoms with E-state index in [1.165, 1.54) is 0 Å². The quantitative estimate of drug-likeness (QED) is 0.441. The first-order valence-corrected chi connectivity index (χ1v) is 11.2. The number of H-pyrrole nitrogens is 1. The monoisotopic (exact) mass is 438 g/mol. The highest BCUT2D eigenvalue weighted by Crippen LogP contribution is 2.29. The number of aromatic amines is 1. The SMILES string of the molecule is BBN1CCC(c2cc(NC(=O)c3cccc(-c4ccn[nH]4)n3)n(-c3ccccn3)n2)CC1. The molecule has 1 saturated heterocycles. The van der Waals surface area contributed by atoms with Crippen molar-refractivity contribution in [2.45, 2.75) is 18.8 Å². The summed E-state index contributed by atoms with van der Waals surface area (Å²) in [5.41, 5.74) is 2.70. The van der Waals surface area contributed by atoms with Gasteiger partial charge in [0.1, 0.15) is 11.5 Å². The largest absolute Gasteiger partial charge is 0.353 e. The van der Waals surface area contributed by atoms with E-state index in [1.54, 1.807) is 29.2 Å². The van der Waals surface area contributed by atoms with E-state index in [0.29, 0.717) is 28.9 Å². The Labute approximate surface area is 193 Å². The summed E-state index contributed by atoms with van der Waals surface area (Å²) in [6, 6.07) is 14.8. The second-order valence-electron chi connectivity index (χ2n) is 8.10. The van der Waals surface area contributed by atoms with Gasteiger partial charge in [-0.2, -0.15) is 14.9 Å². The first kappa shape index (κ1) is 21.1. The first-order valence-electron chi connectivity index (χ1n) is 11.2. The number of nitrogens with zero attached hydrogens (tertiary/aromatic N) is 6. The molecule has 2 N–H and O–H groups in total. The lowest BCUT2D eigenvalue weighted by molar-refractivity contribution is 0.102. The number of carbonyl (C=O) groups is 1. The Morgan fingerprint density at radius 1 is 1.12 bits per heavy atom. The summed E-state index contributed by atoms with van der Waals surface area (Å²) in [4.78, 5) is 24.5. The van der Waals surface area contributed by atoms with Crippen LogP contribution in [0.25, 0.3) is 17.2 Å². The highest BCUT2D eigenvalue weighted by Gasteiger charge is 2.24. The molecule has 33 heavy (non-hydrogen) atoms. The zero-order valence-electron chi connectivity index (χ0n) is 18.5. The Bertz CT molecular complexity index is 1220. The maximum absolute atomic E-state index is 13.1. The molecule has 1 amide bonds. The molecule has 0 aliphatic carbocycles. The molecule has 9 nitrogen and oxygen atoms in total. The average Bonchev–Trinajstić information content (AvgIpc) is 3.56. The molecule has 164 valence electrons. The van der Waals surface area contributed by atoms with Gasteiger partial charge in [0.05, 0.1) is 24.8 Å². The molecule has 0 radical (unpaired) electrons. The van der Waals surface area contributed by atoms with Gasteiger partial charge in [0.2, 0.25) is 0 Å². The molecule has 11 heteroatoms. The fourth-order valence-electron chi connectivity index (χ4n) is 4.18. The van der Waals surface area contributed by atoms with E-state index in [9.17, 15) is 4.79 Å². The Balaban J connectivity index is 1.43. The fraction of sp³-hybridized carbons (Fsp3) is 0.227. The van der Waals surface area contributed by atoms with E-state index in [0.717, 1.165) is 44.6 Å². The van der Waals surface area contributed by atoms with Crippen molar-refractivity contribution >= 4 is 26.8 Å². The van der Waals surface area contributed by atoms with Crippen molar-refractivity contribution in [2.24, 2.45) is 0 Å². The molecule has 5 rings (SSSR count). The van der Waals surface area contributed by atoms with E-state index in [1.807, 2.05) is 36.4 Å². The Morgan fingerprint density at radius 3 is 2.73 bits per heavy atom. The predicted molar refractivity (Wildman–Crippen MR) is 130 cm³/mol. The summed E-state index contributed by atoms with van der Waals surface area (Å²) in [5, 5.41) is 14.7. The molecule has 0 aromatic carbocycles. The zero-order chi connectivity index (χ0) is 22.6. The number of piperidine rings is 1. The van der Waals surface area contributed by atoms with Gasteiger partial charge in [0.25, 0.3) is 5.91 Å². The Hall–Kier alpha value is -3.72. The molecular formula is C22H24B2N8O. The number of carbonyl (C=O) groups excluding carboxylic acids is 1. The normalized spacial score (nSPS) is 14.8. The summed E-state index contributed by atoms with van der Waals surface area (Å²) >= 11 is 0. The first-order chi connectivity index (χ1) is 16.2. The van der Waals surface area contributed by atoms with Gasteiger partial charge in [-0.25, -0.2) is 9.97 Å². The number of rotatable bonds is 6. The van der Waals surface area contributed by atoms with Crippen LogP contribution in [-0.2, 0) is 0 Å². The van der Waals surface area contributed by atoms with Crippen LogP contribution in [-0.4, -0.2) is 68.8 Å². The van der Waals surface area contributed by atoms with Gasteiger partial charge in [0, 0.05) is 24.4 Å². The van der Waals surface area contributed by atoms with E-state index in [4.69, 9.17) is 5.10 Å². The average molecular weight is 438 g/mol. The highest BCUT2D eigenvalue weighted by molar-refractivity contribution is 6.87. The molecule has 1 aliphatic rings. The second kappa shape index (κ2) is 9.41. The minimum atomic E-state index is -0.305. The van der Waals surface area contributed by atoms with Gasteiger partial charge < -0.3 is 10.1 Å². The Kier molecular flexibility index (Phi) is 6.03. The predicted octanol–water partition coefficient (Wildman–Crippen LogP) is 1.38. The fourth-order valence-corrected chi connectivity index (χ4v) is 4.18.